The lowest BCUT2D eigenvalue weighted by atomic mass is 10.0. The number of nitrogens with zero attached hydrogens (tertiary/aromatic N) is 3. The highest BCUT2D eigenvalue weighted by molar-refractivity contribution is 5.94. The highest BCUT2D eigenvalue weighted by atomic mass is 16.4. The van der Waals surface area contributed by atoms with E-state index in [1.54, 1.807) is 13.8 Å². The van der Waals surface area contributed by atoms with Gasteiger partial charge in [0.1, 0.15) is 24.1 Å². The van der Waals surface area contributed by atoms with Gasteiger partial charge in [0.2, 0.25) is 23.6 Å². The Morgan fingerprint density at radius 2 is 1.70 bits per heavy atom. The molecule has 3 atom stereocenters. The summed E-state index contributed by atoms with van der Waals surface area (Å²) in [5.41, 5.74) is 0.822. The van der Waals surface area contributed by atoms with Crippen LogP contribution in [-0.2, 0) is 9.59 Å². The molecule has 0 aliphatic carbocycles. The number of aryl methyl sites for hydroxylation is 1. The zero-order valence-electron chi connectivity index (χ0n) is 25.5. The molecule has 4 rings (SSSR count). The van der Waals surface area contributed by atoms with Crippen LogP contribution in [0.3, 0.4) is 0 Å². The maximum absolute atomic E-state index is 13.5. The summed E-state index contributed by atoms with van der Waals surface area (Å²) in [6.07, 6.45) is 1.94. The van der Waals surface area contributed by atoms with E-state index >= 15 is 0 Å². The SMILES string of the molecule is Cc1oc2nc1C(=O)N[C@@H](c1ccccc1)CN(C(=O)CC(C)C)CC(=O)N[C@H](CC(C)C)c1nc(co1)C(=O)N[C@H]2C. The van der Waals surface area contributed by atoms with Crippen molar-refractivity contribution in [3.05, 3.63) is 71.1 Å². The lowest BCUT2D eigenvalue weighted by molar-refractivity contribution is -0.137. The van der Waals surface area contributed by atoms with Crippen molar-refractivity contribution in [1.29, 1.82) is 0 Å². The van der Waals surface area contributed by atoms with Crippen LogP contribution in [0.4, 0.5) is 0 Å². The fourth-order valence-corrected chi connectivity index (χ4v) is 4.90. The minimum atomic E-state index is -0.688. The summed E-state index contributed by atoms with van der Waals surface area (Å²) in [6.45, 7) is 10.9. The van der Waals surface area contributed by atoms with Crippen LogP contribution in [-0.4, -0.2) is 51.6 Å². The number of hydrogen-bond acceptors (Lipinski definition) is 8. The second-order valence-electron chi connectivity index (χ2n) is 11.8. The van der Waals surface area contributed by atoms with Gasteiger partial charge in [-0.1, -0.05) is 58.0 Å². The van der Waals surface area contributed by atoms with Crippen LogP contribution < -0.4 is 16.0 Å². The molecule has 1 aliphatic rings. The quantitative estimate of drug-likeness (QED) is 0.400. The third-order valence-corrected chi connectivity index (χ3v) is 7.02. The molecular formula is C31H40N6O6. The van der Waals surface area contributed by atoms with Gasteiger partial charge in [-0.05, 0) is 37.7 Å². The number of nitrogens with one attached hydrogen (secondary N) is 3. The van der Waals surface area contributed by atoms with Crippen molar-refractivity contribution in [2.45, 2.75) is 72.5 Å². The number of carbonyl (C=O) groups excluding carboxylic acids is 4. The Kier molecular flexibility index (Phi) is 9.99. The van der Waals surface area contributed by atoms with Gasteiger partial charge < -0.3 is 29.7 Å². The monoisotopic (exact) mass is 592 g/mol. The number of hydrogen-bond donors (Lipinski definition) is 3. The normalized spacial score (nSPS) is 20.3. The van der Waals surface area contributed by atoms with E-state index in [-0.39, 0.29) is 66.2 Å². The predicted molar refractivity (Wildman–Crippen MR) is 157 cm³/mol. The first-order chi connectivity index (χ1) is 20.4. The molecule has 12 nitrogen and oxygen atoms in total. The molecule has 3 aromatic rings. The number of rotatable bonds is 5. The second kappa shape index (κ2) is 13.7. The molecule has 0 fully saturated rings. The summed E-state index contributed by atoms with van der Waals surface area (Å²) < 4.78 is 11.4. The molecule has 0 radical (unpaired) electrons. The lowest BCUT2D eigenvalue weighted by Crippen LogP contribution is -2.46. The smallest absolute Gasteiger partial charge is 0.274 e. The Bertz CT molecular complexity index is 1450. The summed E-state index contributed by atoms with van der Waals surface area (Å²) in [7, 11) is 0. The van der Waals surface area contributed by atoms with Gasteiger partial charge in [-0.2, -0.15) is 0 Å². The molecular weight excluding hydrogens is 552 g/mol. The van der Waals surface area contributed by atoms with Crippen LogP contribution in [0.25, 0.3) is 0 Å². The number of amides is 4. The topological polar surface area (TPSA) is 160 Å². The molecule has 3 heterocycles. The largest absolute Gasteiger partial charge is 0.446 e. The fraction of sp³-hybridized carbons (Fsp3) is 0.484. The highest BCUT2D eigenvalue weighted by Crippen LogP contribution is 2.24. The van der Waals surface area contributed by atoms with Gasteiger partial charge in [0.15, 0.2) is 11.4 Å². The number of aromatic nitrogens is 2. The molecule has 43 heavy (non-hydrogen) atoms. The number of oxazole rings is 2. The Morgan fingerprint density at radius 3 is 2.37 bits per heavy atom. The third kappa shape index (κ3) is 8.08. The average molecular weight is 593 g/mol. The molecule has 0 unspecified atom stereocenters. The molecule has 0 saturated carbocycles. The molecule has 1 aliphatic heterocycles. The summed E-state index contributed by atoms with van der Waals surface area (Å²) >= 11 is 0. The standard InChI is InChI=1S/C31H40N6O6/c1-17(2)12-22-31-35-24(16-42-31)28(40)32-19(5)30-36-27(20(6)43-30)29(41)34-23(21-10-8-7-9-11-21)14-37(15-25(38)33-22)26(39)13-18(3)4/h7-11,16-19,22-23H,12-15H2,1-6H3,(H,32,40)(H,33,38)(H,34,41)/t19-,22+,23+/m0/s1. The first-order valence-electron chi connectivity index (χ1n) is 14.6. The Labute approximate surface area is 251 Å². The first-order valence-corrected chi connectivity index (χ1v) is 14.6. The van der Waals surface area contributed by atoms with Gasteiger partial charge in [-0.15, -0.1) is 0 Å². The van der Waals surface area contributed by atoms with E-state index < -0.39 is 35.8 Å². The molecule has 0 spiro atoms. The minimum Gasteiger partial charge on any atom is -0.446 e. The average Bonchev–Trinajstić information content (AvgIpc) is 3.59. The van der Waals surface area contributed by atoms with E-state index in [1.165, 1.54) is 11.2 Å². The number of fused-ring (bicyclic) bond motifs is 4. The maximum atomic E-state index is 13.5. The lowest BCUT2D eigenvalue weighted by Gasteiger charge is -2.29. The van der Waals surface area contributed by atoms with Crippen molar-refractivity contribution >= 4 is 23.6 Å². The fourth-order valence-electron chi connectivity index (χ4n) is 4.90. The molecule has 2 aromatic heterocycles. The van der Waals surface area contributed by atoms with Crippen LogP contribution in [0.2, 0.25) is 0 Å². The van der Waals surface area contributed by atoms with Gasteiger partial charge in [0, 0.05) is 13.0 Å². The van der Waals surface area contributed by atoms with E-state index in [9.17, 15) is 19.2 Å². The molecule has 3 N–H and O–H groups in total. The summed E-state index contributed by atoms with van der Waals surface area (Å²) in [4.78, 5) is 63.6. The molecule has 12 heteroatoms. The predicted octanol–water partition coefficient (Wildman–Crippen LogP) is 4.02. The van der Waals surface area contributed by atoms with Crippen molar-refractivity contribution in [2.24, 2.45) is 11.8 Å². The van der Waals surface area contributed by atoms with Crippen LogP contribution in [0, 0.1) is 18.8 Å². The van der Waals surface area contributed by atoms with Crippen molar-refractivity contribution in [3.63, 3.8) is 0 Å². The van der Waals surface area contributed by atoms with Gasteiger partial charge in [0.05, 0.1) is 12.6 Å². The van der Waals surface area contributed by atoms with E-state index in [1.807, 2.05) is 58.0 Å². The van der Waals surface area contributed by atoms with E-state index in [2.05, 4.69) is 25.9 Å². The number of benzene rings is 1. The van der Waals surface area contributed by atoms with Crippen molar-refractivity contribution in [3.8, 4) is 0 Å². The van der Waals surface area contributed by atoms with Crippen molar-refractivity contribution < 1.29 is 28.0 Å². The van der Waals surface area contributed by atoms with Crippen molar-refractivity contribution in [2.75, 3.05) is 13.1 Å². The molecule has 230 valence electrons. The van der Waals surface area contributed by atoms with Gasteiger partial charge in [-0.3, -0.25) is 19.2 Å². The number of carbonyl (C=O) groups is 4. The van der Waals surface area contributed by atoms with Crippen LogP contribution in [0.5, 0.6) is 0 Å². The van der Waals surface area contributed by atoms with Crippen LogP contribution in [0.1, 0.15) is 110 Å². The molecule has 1 aromatic carbocycles. The minimum absolute atomic E-state index is 0.0201. The summed E-state index contributed by atoms with van der Waals surface area (Å²) in [5, 5.41) is 8.70. The van der Waals surface area contributed by atoms with Crippen LogP contribution in [0.15, 0.2) is 45.4 Å². The third-order valence-electron chi connectivity index (χ3n) is 7.02. The molecule has 0 saturated heterocycles. The van der Waals surface area contributed by atoms with Gasteiger partial charge in [-0.25, -0.2) is 9.97 Å². The Morgan fingerprint density at radius 1 is 0.977 bits per heavy atom. The highest BCUT2D eigenvalue weighted by Gasteiger charge is 2.30. The van der Waals surface area contributed by atoms with E-state index in [0.717, 1.165) is 5.56 Å². The first kappa shape index (κ1) is 31.5. The summed E-state index contributed by atoms with van der Waals surface area (Å²) in [6, 6.07) is 7.25. The summed E-state index contributed by atoms with van der Waals surface area (Å²) in [5.74, 6) is -0.875. The van der Waals surface area contributed by atoms with E-state index in [4.69, 9.17) is 8.83 Å². The Hall–Kier alpha value is -4.48. The van der Waals surface area contributed by atoms with Gasteiger partial charge >= 0.3 is 0 Å². The van der Waals surface area contributed by atoms with Crippen molar-refractivity contribution in [1.82, 2.24) is 30.8 Å². The molecule has 4 amide bonds. The van der Waals surface area contributed by atoms with Gasteiger partial charge in [0.25, 0.3) is 11.8 Å². The second-order valence-corrected chi connectivity index (χ2v) is 11.8. The van der Waals surface area contributed by atoms with E-state index in [0.29, 0.717) is 6.42 Å². The molecule has 4 bridgehead atoms. The zero-order valence-corrected chi connectivity index (χ0v) is 25.5. The zero-order chi connectivity index (χ0) is 31.3. The van der Waals surface area contributed by atoms with Crippen LogP contribution >= 0.6 is 0 Å². The maximum Gasteiger partial charge on any atom is 0.274 e. The Balaban J connectivity index is 1.77.